The molecule has 1 heterocycles. The van der Waals surface area contributed by atoms with Crippen molar-refractivity contribution in [3.8, 4) is 10.4 Å². The Morgan fingerprint density at radius 2 is 2.00 bits per heavy atom. The predicted molar refractivity (Wildman–Crippen MR) is 79.8 cm³/mol. The third kappa shape index (κ3) is 2.79. The maximum absolute atomic E-state index is 11.0. The summed E-state index contributed by atoms with van der Waals surface area (Å²) in [7, 11) is 0. The van der Waals surface area contributed by atoms with Gasteiger partial charge in [-0.05, 0) is 29.5 Å². The zero-order valence-corrected chi connectivity index (χ0v) is 11.8. The Morgan fingerprint density at radius 1 is 1.37 bits per heavy atom. The van der Waals surface area contributed by atoms with E-state index >= 15 is 0 Å². The summed E-state index contributed by atoms with van der Waals surface area (Å²) in [6, 6.07) is 9.98. The Kier molecular flexibility index (Phi) is 3.90. The molecule has 3 N–H and O–H groups in total. The van der Waals surface area contributed by atoms with Crippen LogP contribution in [-0.2, 0) is 0 Å². The van der Waals surface area contributed by atoms with Gasteiger partial charge in [-0.2, -0.15) is 0 Å². The van der Waals surface area contributed by atoms with Crippen LogP contribution in [0.5, 0.6) is 0 Å². The summed E-state index contributed by atoms with van der Waals surface area (Å²) in [4.78, 5) is 12.1. The lowest BCUT2D eigenvalue weighted by Crippen LogP contribution is -1.96. The van der Waals surface area contributed by atoms with Crippen LogP contribution in [0.1, 0.15) is 41.4 Å². The second kappa shape index (κ2) is 5.45. The minimum Gasteiger partial charge on any atom is -0.477 e. The number of carboxylic acid groups (broad SMARTS) is 1. The highest BCUT2D eigenvalue weighted by molar-refractivity contribution is 7.17. The van der Waals surface area contributed by atoms with Crippen LogP contribution in [0, 0.1) is 0 Å². The van der Waals surface area contributed by atoms with E-state index in [1.165, 1.54) is 16.9 Å². The van der Waals surface area contributed by atoms with Gasteiger partial charge in [0.1, 0.15) is 4.88 Å². The van der Waals surface area contributed by atoms with Crippen molar-refractivity contribution in [2.45, 2.75) is 26.2 Å². The van der Waals surface area contributed by atoms with Gasteiger partial charge in [-0.15, -0.1) is 11.3 Å². The Morgan fingerprint density at radius 3 is 2.47 bits per heavy atom. The molecule has 2 aromatic rings. The van der Waals surface area contributed by atoms with Crippen molar-refractivity contribution in [3.63, 3.8) is 0 Å². The SMILES string of the molecule is CCC(C)c1ccc(-c2cc(N)c(C(=O)O)s2)cc1. The molecule has 0 spiro atoms. The second-order valence-electron chi connectivity index (χ2n) is 4.63. The van der Waals surface area contributed by atoms with Crippen LogP contribution in [0.25, 0.3) is 10.4 Å². The summed E-state index contributed by atoms with van der Waals surface area (Å²) >= 11 is 1.22. The third-order valence-electron chi connectivity index (χ3n) is 3.33. The Labute approximate surface area is 116 Å². The van der Waals surface area contributed by atoms with Gasteiger partial charge in [0.2, 0.25) is 0 Å². The molecule has 0 aliphatic rings. The van der Waals surface area contributed by atoms with E-state index in [0.717, 1.165) is 16.9 Å². The van der Waals surface area contributed by atoms with E-state index in [9.17, 15) is 4.79 Å². The fraction of sp³-hybridized carbons (Fsp3) is 0.267. The van der Waals surface area contributed by atoms with E-state index < -0.39 is 5.97 Å². The van der Waals surface area contributed by atoms with Gasteiger partial charge in [-0.1, -0.05) is 38.1 Å². The number of hydrogen-bond acceptors (Lipinski definition) is 3. The number of nitrogen functional groups attached to an aromatic ring is 1. The number of hydrogen-bond donors (Lipinski definition) is 2. The van der Waals surface area contributed by atoms with Gasteiger partial charge >= 0.3 is 5.97 Å². The first-order chi connectivity index (χ1) is 9.02. The van der Waals surface area contributed by atoms with Crippen molar-refractivity contribution in [1.82, 2.24) is 0 Å². The zero-order valence-electron chi connectivity index (χ0n) is 11.0. The van der Waals surface area contributed by atoms with Crippen LogP contribution in [0.15, 0.2) is 30.3 Å². The predicted octanol–water partition coefficient (Wildman–Crippen LogP) is 4.21. The van der Waals surface area contributed by atoms with Crippen molar-refractivity contribution in [2.24, 2.45) is 0 Å². The van der Waals surface area contributed by atoms with E-state index in [2.05, 4.69) is 26.0 Å². The molecule has 19 heavy (non-hydrogen) atoms. The standard InChI is InChI=1S/C15H17NO2S/c1-3-9(2)10-4-6-11(7-5-10)13-8-12(16)14(19-13)15(17)18/h4-9H,3,16H2,1-2H3,(H,17,18). The fourth-order valence-corrected chi connectivity index (χ4v) is 2.85. The van der Waals surface area contributed by atoms with Crippen LogP contribution in [0.2, 0.25) is 0 Å². The normalized spacial score (nSPS) is 12.3. The van der Waals surface area contributed by atoms with Crippen molar-refractivity contribution in [3.05, 3.63) is 40.8 Å². The topological polar surface area (TPSA) is 63.3 Å². The smallest absolute Gasteiger partial charge is 0.348 e. The minimum atomic E-state index is -0.968. The first-order valence-corrected chi connectivity index (χ1v) is 7.07. The molecule has 0 fully saturated rings. The van der Waals surface area contributed by atoms with Gasteiger partial charge in [-0.3, -0.25) is 0 Å². The fourth-order valence-electron chi connectivity index (χ4n) is 1.93. The van der Waals surface area contributed by atoms with Gasteiger partial charge in [0, 0.05) is 4.88 Å². The number of carboxylic acids is 1. The average molecular weight is 275 g/mol. The van der Waals surface area contributed by atoms with Crippen molar-refractivity contribution >= 4 is 23.0 Å². The summed E-state index contributed by atoms with van der Waals surface area (Å²) < 4.78 is 0. The van der Waals surface area contributed by atoms with Gasteiger partial charge < -0.3 is 10.8 Å². The molecular formula is C15H17NO2S. The van der Waals surface area contributed by atoms with Crippen LogP contribution in [0.3, 0.4) is 0 Å². The molecule has 100 valence electrons. The number of nitrogens with two attached hydrogens (primary N) is 1. The molecule has 3 nitrogen and oxygen atoms in total. The van der Waals surface area contributed by atoms with E-state index in [0.29, 0.717) is 11.6 Å². The number of aromatic carboxylic acids is 1. The molecular weight excluding hydrogens is 258 g/mol. The highest BCUT2D eigenvalue weighted by Gasteiger charge is 2.14. The van der Waals surface area contributed by atoms with Gasteiger partial charge in [-0.25, -0.2) is 4.79 Å². The van der Waals surface area contributed by atoms with Gasteiger partial charge in [0.15, 0.2) is 0 Å². The van der Waals surface area contributed by atoms with Crippen molar-refractivity contribution < 1.29 is 9.90 Å². The molecule has 0 amide bonds. The molecule has 0 aliphatic heterocycles. The summed E-state index contributed by atoms with van der Waals surface area (Å²) in [5.74, 6) is -0.429. The van der Waals surface area contributed by atoms with E-state index in [-0.39, 0.29) is 4.88 Å². The molecule has 1 unspecified atom stereocenters. The summed E-state index contributed by atoms with van der Waals surface area (Å²) in [5, 5.41) is 9.01. The first-order valence-electron chi connectivity index (χ1n) is 6.25. The molecule has 2 rings (SSSR count). The largest absolute Gasteiger partial charge is 0.477 e. The average Bonchev–Trinajstić information content (AvgIpc) is 2.80. The highest BCUT2D eigenvalue weighted by atomic mass is 32.1. The summed E-state index contributed by atoms with van der Waals surface area (Å²) in [6.45, 7) is 4.36. The molecule has 0 bridgehead atoms. The quantitative estimate of drug-likeness (QED) is 0.878. The summed E-state index contributed by atoms with van der Waals surface area (Å²) in [6.07, 6.45) is 1.11. The Balaban J connectivity index is 2.32. The van der Waals surface area contributed by atoms with Crippen LogP contribution >= 0.6 is 11.3 Å². The summed E-state index contributed by atoms with van der Waals surface area (Å²) in [5.41, 5.74) is 8.35. The molecule has 1 aromatic carbocycles. The molecule has 0 saturated heterocycles. The molecule has 1 aromatic heterocycles. The number of benzene rings is 1. The Bertz CT molecular complexity index is 587. The molecule has 0 radical (unpaired) electrons. The Hall–Kier alpha value is -1.81. The van der Waals surface area contributed by atoms with E-state index in [1.807, 2.05) is 12.1 Å². The van der Waals surface area contributed by atoms with Crippen molar-refractivity contribution in [1.29, 1.82) is 0 Å². The lowest BCUT2D eigenvalue weighted by Gasteiger charge is -2.09. The molecule has 0 saturated carbocycles. The number of rotatable bonds is 4. The zero-order chi connectivity index (χ0) is 14.0. The number of carbonyl (C=O) groups is 1. The lowest BCUT2D eigenvalue weighted by atomic mass is 9.97. The van der Waals surface area contributed by atoms with Crippen LogP contribution < -0.4 is 5.73 Å². The lowest BCUT2D eigenvalue weighted by molar-refractivity contribution is 0.0703. The molecule has 4 heteroatoms. The van der Waals surface area contributed by atoms with E-state index in [1.54, 1.807) is 6.07 Å². The minimum absolute atomic E-state index is 0.209. The third-order valence-corrected chi connectivity index (χ3v) is 4.52. The van der Waals surface area contributed by atoms with E-state index in [4.69, 9.17) is 10.8 Å². The maximum atomic E-state index is 11.0. The van der Waals surface area contributed by atoms with Gasteiger partial charge in [0.05, 0.1) is 5.69 Å². The van der Waals surface area contributed by atoms with Crippen LogP contribution in [-0.4, -0.2) is 11.1 Å². The molecule has 1 atom stereocenters. The molecule has 0 aliphatic carbocycles. The number of thiophene rings is 1. The maximum Gasteiger partial charge on any atom is 0.348 e. The number of anilines is 1. The van der Waals surface area contributed by atoms with Crippen LogP contribution in [0.4, 0.5) is 5.69 Å². The first kappa shape index (κ1) is 13.6. The highest BCUT2D eigenvalue weighted by Crippen LogP contribution is 2.34. The monoisotopic (exact) mass is 275 g/mol. The van der Waals surface area contributed by atoms with Crippen molar-refractivity contribution in [2.75, 3.05) is 5.73 Å². The second-order valence-corrected chi connectivity index (χ2v) is 5.68. The van der Waals surface area contributed by atoms with Gasteiger partial charge in [0.25, 0.3) is 0 Å².